The lowest BCUT2D eigenvalue weighted by atomic mass is 10.0. The van der Waals surface area contributed by atoms with Crippen LogP contribution in [0.25, 0.3) is 0 Å². The number of anilines is 2. The van der Waals surface area contributed by atoms with E-state index in [1.54, 1.807) is 18.2 Å². The SMILES string of the molecule is CCc1ccc(Cl)c(CC)c1NC(=O)c1ccc2c(c1)CCN2S(C)(=O)=O. The number of nitrogens with zero attached hydrogens (tertiary/aromatic N) is 1. The molecule has 1 heterocycles. The van der Waals surface area contributed by atoms with E-state index in [1.165, 1.54) is 10.6 Å². The van der Waals surface area contributed by atoms with Crippen molar-refractivity contribution in [2.75, 3.05) is 22.4 Å². The Morgan fingerprint density at radius 1 is 1.19 bits per heavy atom. The van der Waals surface area contributed by atoms with E-state index in [0.717, 1.165) is 35.2 Å². The molecule has 2 aromatic carbocycles. The van der Waals surface area contributed by atoms with Crippen molar-refractivity contribution in [1.82, 2.24) is 0 Å². The van der Waals surface area contributed by atoms with Gasteiger partial charge in [0.15, 0.2) is 0 Å². The highest BCUT2D eigenvalue weighted by molar-refractivity contribution is 7.92. The normalized spacial score (nSPS) is 13.6. The Morgan fingerprint density at radius 3 is 2.56 bits per heavy atom. The molecule has 0 saturated heterocycles. The molecular formula is C20H23ClN2O3S. The van der Waals surface area contributed by atoms with Gasteiger partial charge in [0.2, 0.25) is 10.0 Å². The topological polar surface area (TPSA) is 66.5 Å². The van der Waals surface area contributed by atoms with Gasteiger partial charge in [0, 0.05) is 22.8 Å². The number of hydrogen-bond acceptors (Lipinski definition) is 3. The smallest absolute Gasteiger partial charge is 0.255 e. The molecule has 0 aromatic heterocycles. The molecule has 1 amide bonds. The molecule has 27 heavy (non-hydrogen) atoms. The van der Waals surface area contributed by atoms with Crippen molar-refractivity contribution in [3.8, 4) is 0 Å². The van der Waals surface area contributed by atoms with Crippen molar-refractivity contribution in [1.29, 1.82) is 0 Å². The third kappa shape index (κ3) is 3.82. The number of benzene rings is 2. The lowest BCUT2D eigenvalue weighted by molar-refractivity contribution is 0.102. The second kappa shape index (κ2) is 7.52. The third-order valence-electron chi connectivity index (χ3n) is 4.91. The molecule has 1 aliphatic heterocycles. The predicted octanol–water partition coefficient (Wildman–Crippen LogP) is 4.04. The van der Waals surface area contributed by atoms with Gasteiger partial charge in [-0.25, -0.2) is 8.42 Å². The highest BCUT2D eigenvalue weighted by atomic mass is 35.5. The van der Waals surface area contributed by atoms with E-state index < -0.39 is 10.0 Å². The van der Waals surface area contributed by atoms with Gasteiger partial charge in [0.25, 0.3) is 5.91 Å². The largest absolute Gasteiger partial charge is 0.321 e. The number of sulfonamides is 1. The molecule has 0 fully saturated rings. The minimum absolute atomic E-state index is 0.220. The van der Waals surface area contributed by atoms with Crippen molar-refractivity contribution in [3.63, 3.8) is 0 Å². The standard InChI is InChI=1S/C20H23ClN2O3S/c1-4-13-6-8-17(21)16(5-2)19(13)22-20(24)15-7-9-18-14(12-15)10-11-23(18)27(3,25)26/h6-9,12H,4-5,10-11H2,1-3H3,(H,22,24). The zero-order valence-corrected chi connectivity index (χ0v) is 17.2. The summed E-state index contributed by atoms with van der Waals surface area (Å²) in [6.45, 7) is 4.45. The van der Waals surface area contributed by atoms with E-state index in [4.69, 9.17) is 11.6 Å². The molecule has 0 atom stereocenters. The molecule has 0 aliphatic carbocycles. The predicted molar refractivity (Wildman–Crippen MR) is 110 cm³/mol. The monoisotopic (exact) mass is 406 g/mol. The summed E-state index contributed by atoms with van der Waals surface area (Å²) in [5.74, 6) is -0.220. The van der Waals surface area contributed by atoms with E-state index in [-0.39, 0.29) is 5.91 Å². The number of fused-ring (bicyclic) bond motifs is 1. The summed E-state index contributed by atoms with van der Waals surface area (Å²) in [5, 5.41) is 3.66. The minimum atomic E-state index is -3.30. The zero-order valence-electron chi connectivity index (χ0n) is 15.7. The van der Waals surface area contributed by atoms with Crippen molar-refractivity contribution in [3.05, 3.63) is 57.6 Å². The Labute approximate surface area is 165 Å². The molecule has 0 saturated carbocycles. The van der Waals surface area contributed by atoms with Crippen molar-refractivity contribution in [2.24, 2.45) is 0 Å². The highest BCUT2D eigenvalue weighted by Crippen LogP contribution is 2.32. The molecule has 3 rings (SSSR count). The molecule has 0 spiro atoms. The Kier molecular flexibility index (Phi) is 5.49. The highest BCUT2D eigenvalue weighted by Gasteiger charge is 2.27. The number of carbonyl (C=O) groups excluding carboxylic acids is 1. The molecule has 1 N–H and O–H groups in total. The van der Waals surface area contributed by atoms with Crippen molar-refractivity contribution in [2.45, 2.75) is 33.1 Å². The molecular weight excluding hydrogens is 384 g/mol. The molecule has 5 nitrogen and oxygen atoms in total. The minimum Gasteiger partial charge on any atom is -0.321 e. The summed E-state index contributed by atoms with van der Waals surface area (Å²) in [5.41, 5.74) is 4.76. The lowest BCUT2D eigenvalue weighted by Crippen LogP contribution is -2.27. The number of rotatable bonds is 5. The van der Waals surface area contributed by atoms with Crippen LogP contribution in [0.3, 0.4) is 0 Å². The first-order valence-electron chi connectivity index (χ1n) is 8.98. The summed E-state index contributed by atoms with van der Waals surface area (Å²) in [7, 11) is -3.30. The van der Waals surface area contributed by atoms with Crippen LogP contribution in [-0.2, 0) is 29.3 Å². The fourth-order valence-corrected chi connectivity index (χ4v) is 4.76. The van der Waals surface area contributed by atoms with Gasteiger partial charge >= 0.3 is 0 Å². The maximum atomic E-state index is 12.9. The first kappa shape index (κ1) is 19.7. The number of hydrogen-bond donors (Lipinski definition) is 1. The van der Waals surface area contributed by atoms with Gasteiger partial charge in [-0.3, -0.25) is 9.10 Å². The average Bonchev–Trinajstić information content (AvgIpc) is 3.05. The van der Waals surface area contributed by atoms with E-state index in [0.29, 0.717) is 29.2 Å². The van der Waals surface area contributed by atoms with Crippen LogP contribution in [0.4, 0.5) is 11.4 Å². The Hall–Kier alpha value is -2.05. The van der Waals surface area contributed by atoms with E-state index in [1.807, 2.05) is 26.0 Å². The van der Waals surface area contributed by atoms with Crippen LogP contribution in [0.1, 0.15) is 40.9 Å². The maximum Gasteiger partial charge on any atom is 0.255 e. The quantitative estimate of drug-likeness (QED) is 0.814. The average molecular weight is 407 g/mol. The molecule has 2 aromatic rings. The van der Waals surface area contributed by atoms with Gasteiger partial charge in [0.1, 0.15) is 0 Å². The van der Waals surface area contributed by atoms with Gasteiger partial charge in [-0.15, -0.1) is 0 Å². The maximum absolute atomic E-state index is 12.9. The number of halogens is 1. The second-order valence-corrected chi connectivity index (χ2v) is 8.96. The summed E-state index contributed by atoms with van der Waals surface area (Å²) >= 11 is 6.31. The fourth-order valence-electron chi connectivity index (χ4n) is 3.51. The number of amides is 1. The van der Waals surface area contributed by atoms with Crippen molar-refractivity contribution < 1.29 is 13.2 Å². The third-order valence-corrected chi connectivity index (χ3v) is 6.44. The molecule has 144 valence electrons. The van der Waals surface area contributed by atoms with Crippen LogP contribution < -0.4 is 9.62 Å². The van der Waals surface area contributed by atoms with Crippen LogP contribution in [0.5, 0.6) is 0 Å². The summed E-state index contributed by atoms with van der Waals surface area (Å²) in [4.78, 5) is 12.9. The molecule has 0 bridgehead atoms. The lowest BCUT2D eigenvalue weighted by Gasteiger charge is -2.17. The van der Waals surface area contributed by atoms with Crippen molar-refractivity contribution >= 4 is 38.9 Å². The molecule has 0 unspecified atom stereocenters. The van der Waals surface area contributed by atoms with Crippen LogP contribution in [0, 0.1) is 0 Å². The van der Waals surface area contributed by atoms with Gasteiger partial charge < -0.3 is 5.32 Å². The number of nitrogens with one attached hydrogen (secondary N) is 1. The fraction of sp³-hybridized carbons (Fsp3) is 0.350. The van der Waals surface area contributed by atoms with Crippen LogP contribution in [0.2, 0.25) is 5.02 Å². The van der Waals surface area contributed by atoms with E-state index in [2.05, 4.69) is 5.32 Å². The van der Waals surface area contributed by atoms with Crippen LogP contribution in [-0.4, -0.2) is 27.1 Å². The van der Waals surface area contributed by atoms with E-state index >= 15 is 0 Å². The second-order valence-electron chi connectivity index (χ2n) is 6.65. The van der Waals surface area contributed by atoms with E-state index in [9.17, 15) is 13.2 Å². The first-order valence-corrected chi connectivity index (χ1v) is 11.2. The van der Waals surface area contributed by atoms with Gasteiger partial charge in [0.05, 0.1) is 11.9 Å². The number of carbonyl (C=O) groups is 1. The first-order chi connectivity index (χ1) is 12.8. The van der Waals surface area contributed by atoms with Crippen LogP contribution in [0.15, 0.2) is 30.3 Å². The zero-order chi connectivity index (χ0) is 19.8. The van der Waals surface area contributed by atoms with Gasteiger partial charge in [-0.2, -0.15) is 0 Å². The Morgan fingerprint density at radius 2 is 1.93 bits per heavy atom. The molecule has 1 aliphatic rings. The van der Waals surface area contributed by atoms with Gasteiger partial charge in [-0.1, -0.05) is 31.5 Å². The summed E-state index contributed by atoms with van der Waals surface area (Å²) in [6, 6.07) is 8.95. The van der Waals surface area contributed by atoms with Crippen LogP contribution >= 0.6 is 11.6 Å². The Balaban J connectivity index is 1.92. The number of aryl methyl sites for hydroxylation is 1. The summed E-state index contributed by atoms with van der Waals surface area (Å²) < 4.78 is 25.1. The summed E-state index contributed by atoms with van der Waals surface area (Å²) in [6.07, 6.45) is 3.30. The van der Waals surface area contributed by atoms with Gasteiger partial charge in [-0.05, 0) is 60.2 Å². The Bertz CT molecular complexity index is 1000. The molecule has 0 radical (unpaired) electrons. The molecule has 7 heteroatoms.